The largest absolute Gasteiger partial charge is 1.00 e. The van der Waals surface area contributed by atoms with Gasteiger partial charge in [-0.1, -0.05) is 76.1 Å². The second-order valence-electron chi connectivity index (χ2n) is 4.39. The molecule has 1 aromatic rings. The molecule has 0 heterocycles. The normalized spacial score (nSPS) is 7.21. The molecule has 0 fully saturated rings. The van der Waals surface area contributed by atoms with Gasteiger partial charge in [-0.05, 0) is 24.1 Å². The molecule has 0 amide bonds. The van der Waals surface area contributed by atoms with Crippen LogP contribution in [0.15, 0.2) is 74.9 Å². The molecule has 6 nitrogen and oxygen atoms in total. The Labute approximate surface area is 217 Å². The number of esters is 1. The van der Waals surface area contributed by atoms with Crippen molar-refractivity contribution in [2.24, 2.45) is 0 Å². The summed E-state index contributed by atoms with van der Waals surface area (Å²) in [4.78, 5) is 28.6. The molecule has 1 aromatic carbocycles. The van der Waals surface area contributed by atoms with Crippen LogP contribution in [0.4, 0.5) is 0 Å². The van der Waals surface area contributed by atoms with Gasteiger partial charge in [0.2, 0.25) is 0 Å². The summed E-state index contributed by atoms with van der Waals surface area (Å²) in [6, 6.07) is 10.0. The van der Waals surface area contributed by atoms with Crippen molar-refractivity contribution in [3.05, 3.63) is 80.4 Å². The summed E-state index contributed by atoms with van der Waals surface area (Å²) < 4.78 is 4.67. The van der Waals surface area contributed by atoms with Gasteiger partial charge >= 0.3 is 65.1 Å². The summed E-state index contributed by atoms with van der Waals surface area (Å²) in [6.45, 7) is 15.3. The average molecular weight is 420 g/mol. The number of carboxylic acids is 2. The van der Waals surface area contributed by atoms with E-state index in [0.29, 0.717) is 6.61 Å². The Morgan fingerprint density at radius 3 is 1.55 bits per heavy atom. The van der Waals surface area contributed by atoms with Crippen LogP contribution in [-0.4, -0.2) is 24.5 Å². The molecular weight excluding hydrogens is 394 g/mol. The Balaban J connectivity index is -0.0000000891. The van der Waals surface area contributed by atoms with Crippen LogP contribution < -0.4 is 69.3 Å². The molecule has 0 aliphatic rings. The van der Waals surface area contributed by atoms with E-state index in [1.165, 1.54) is 11.6 Å². The van der Waals surface area contributed by atoms with E-state index in [4.69, 9.17) is 19.8 Å². The minimum Gasteiger partial charge on any atom is -0.545 e. The van der Waals surface area contributed by atoms with E-state index in [1.54, 1.807) is 0 Å². The van der Waals surface area contributed by atoms with Crippen LogP contribution in [0.5, 0.6) is 0 Å². The zero-order chi connectivity index (χ0) is 21.5. The Morgan fingerprint density at radius 1 is 0.897 bits per heavy atom. The van der Waals surface area contributed by atoms with E-state index in [1.807, 2.05) is 43.3 Å². The maximum Gasteiger partial charge on any atom is 1.00 e. The molecule has 0 saturated carbocycles. The van der Waals surface area contributed by atoms with Crippen LogP contribution in [0.1, 0.15) is 25.3 Å². The third-order valence-corrected chi connectivity index (χ3v) is 2.28. The maximum atomic E-state index is 10.3. The first-order chi connectivity index (χ1) is 12.8. The van der Waals surface area contributed by atoms with E-state index in [2.05, 4.69) is 31.1 Å². The number of hydrogen-bond acceptors (Lipinski definition) is 6. The van der Waals surface area contributed by atoms with Gasteiger partial charge in [-0.2, -0.15) is 0 Å². The Morgan fingerprint density at radius 2 is 1.31 bits per heavy atom. The molecule has 0 radical (unpaired) electrons. The maximum absolute atomic E-state index is 10.3. The molecule has 0 aliphatic heterocycles. The van der Waals surface area contributed by atoms with E-state index >= 15 is 0 Å². The predicted molar refractivity (Wildman–Crippen MR) is 103 cm³/mol. The van der Waals surface area contributed by atoms with Crippen molar-refractivity contribution in [3.8, 4) is 0 Å². The van der Waals surface area contributed by atoms with Gasteiger partial charge in [-0.25, -0.2) is 4.79 Å². The van der Waals surface area contributed by atoms with Crippen molar-refractivity contribution >= 4 is 24.0 Å². The van der Waals surface area contributed by atoms with Crippen molar-refractivity contribution in [2.45, 2.75) is 19.8 Å². The SMILES string of the molecule is C=CC(=O)OCCCC.C=CC(=O)[O-].C=CC(=O)[O-].C=Cc1ccccc1.[Na+].[Na+]. The van der Waals surface area contributed by atoms with Gasteiger partial charge < -0.3 is 24.5 Å². The zero-order valence-electron chi connectivity index (χ0n) is 17.6. The van der Waals surface area contributed by atoms with Crippen molar-refractivity contribution in [1.29, 1.82) is 0 Å². The van der Waals surface area contributed by atoms with Gasteiger partial charge in [0.15, 0.2) is 0 Å². The van der Waals surface area contributed by atoms with Crippen molar-refractivity contribution in [1.82, 2.24) is 0 Å². The fourth-order valence-electron chi connectivity index (χ4n) is 0.965. The quantitative estimate of drug-likeness (QED) is 0.191. The average Bonchev–Trinajstić information content (AvgIpc) is 2.69. The summed E-state index contributed by atoms with van der Waals surface area (Å²) in [5, 5.41) is 18.3. The molecule has 0 unspecified atom stereocenters. The monoisotopic (exact) mass is 420 g/mol. The van der Waals surface area contributed by atoms with Gasteiger partial charge in [0.1, 0.15) is 0 Å². The van der Waals surface area contributed by atoms with Gasteiger partial charge in [0.05, 0.1) is 18.5 Å². The zero-order valence-corrected chi connectivity index (χ0v) is 21.6. The number of carbonyl (C=O) groups is 3. The number of carbonyl (C=O) groups excluding carboxylic acids is 3. The van der Waals surface area contributed by atoms with Crippen LogP contribution >= 0.6 is 0 Å². The number of rotatable bonds is 7. The summed E-state index contributed by atoms with van der Waals surface area (Å²) in [6.07, 6.45) is 6.43. The van der Waals surface area contributed by atoms with Crippen molar-refractivity contribution in [2.75, 3.05) is 6.61 Å². The molecule has 29 heavy (non-hydrogen) atoms. The number of benzene rings is 1. The minimum absolute atomic E-state index is 0. The Kier molecular flexibility index (Phi) is 41.2. The third-order valence-electron chi connectivity index (χ3n) is 2.28. The van der Waals surface area contributed by atoms with E-state index < -0.39 is 11.9 Å². The molecule has 0 aromatic heterocycles. The first kappa shape index (κ1) is 38.2. The molecule has 1 rings (SSSR count). The third kappa shape index (κ3) is 41.9. The molecule has 0 N–H and O–H groups in total. The molecule has 0 spiro atoms. The van der Waals surface area contributed by atoms with Gasteiger partial charge in [0, 0.05) is 6.08 Å². The molecule has 0 aliphatic carbocycles. The van der Waals surface area contributed by atoms with Crippen LogP contribution in [0.3, 0.4) is 0 Å². The van der Waals surface area contributed by atoms with Gasteiger partial charge in [-0.15, -0.1) is 0 Å². The van der Waals surface area contributed by atoms with Crippen molar-refractivity contribution in [3.63, 3.8) is 0 Å². The molecular formula is C21H26Na2O6. The van der Waals surface area contributed by atoms with Crippen molar-refractivity contribution < 1.29 is 88.4 Å². The second-order valence-corrected chi connectivity index (χ2v) is 4.39. The summed E-state index contributed by atoms with van der Waals surface area (Å²) >= 11 is 0. The van der Waals surface area contributed by atoms with E-state index in [0.717, 1.165) is 25.0 Å². The minimum atomic E-state index is -1.23. The fraction of sp³-hybridized carbons (Fsp3) is 0.190. The predicted octanol–water partition coefficient (Wildman–Crippen LogP) is -4.30. The Hall–Kier alpha value is -1.41. The van der Waals surface area contributed by atoms with E-state index in [-0.39, 0.29) is 65.1 Å². The number of carboxylic acid groups (broad SMARTS) is 2. The standard InChI is InChI=1S/C8H8.C7H12O2.2C3H4O2.2Na/c1-2-8-6-4-3-5-7-8;1-3-5-6-9-7(8)4-2;2*1-2-3(4)5;;/h2-7H,1H2;4H,2-3,5-6H2,1H3;2*2H,1H2,(H,4,5);;/q;;;;2*+1/p-2. The summed E-state index contributed by atoms with van der Waals surface area (Å²) in [5.74, 6) is -2.79. The first-order valence-electron chi connectivity index (χ1n) is 7.92. The molecule has 0 bridgehead atoms. The number of unbranched alkanes of at least 4 members (excludes halogenated alkanes) is 1. The molecule has 0 saturated heterocycles. The topological polar surface area (TPSA) is 107 Å². The first-order valence-corrected chi connectivity index (χ1v) is 7.92. The van der Waals surface area contributed by atoms with Crippen LogP contribution in [0, 0.1) is 0 Å². The number of ether oxygens (including phenoxy) is 1. The van der Waals surface area contributed by atoms with Gasteiger partial charge in [-0.3, -0.25) is 0 Å². The molecule has 8 heteroatoms. The fourth-order valence-corrected chi connectivity index (χ4v) is 0.965. The van der Waals surface area contributed by atoms with Gasteiger partial charge in [0.25, 0.3) is 0 Å². The summed E-state index contributed by atoms with van der Waals surface area (Å²) in [7, 11) is 0. The number of hydrogen-bond donors (Lipinski definition) is 0. The summed E-state index contributed by atoms with van der Waals surface area (Å²) in [5.41, 5.74) is 1.17. The molecule has 148 valence electrons. The smallest absolute Gasteiger partial charge is 0.545 e. The number of aliphatic carboxylic acids is 2. The Bertz CT molecular complexity index is 568. The van der Waals surface area contributed by atoms with Crippen LogP contribution in [0.2, 0.25) is 0 Å². The van der Waals surface area contributed by atoms with E-state index in [9.17, 15) is 4.79 Å². The molecule has 0 atom stereocenters. The second kappa shape index (κ2) is 31.3. The van der Waals surface area contributed by atoms with Crippen LogP contribution in [-0.2, 0) is 19.1 Å². The van der Waals surface area contributed by atoms with Crippen LogP contribution in [0.25, 0.3) is 6.08 Å².